The van der Waals surface area contributed by atoms with Gasteiger partial charge in [0.25, 0.3) is 5.56 Å². The minimum atomic E-state index is -4.77. The van der Waals surface area contributed by atoms with E-state index in [1.165, 1.54) is 0 Å². The van der Waals surface area contributed by atoms with Crippen LogP contribution in [0.4, 0.5) is 13.2 Å². The summed E-state index contributed by atoms with van der Waals surface area (Å²) in [5, 5.41) is 8.96. The molecule has 2 aromatic rings. The highest BCUT2D eigenvalue weighted by atomic mass is 35.5. The number of aliphatic hydroxyl groups is 1. The van der Waals surface area contributed by atoms with Crippen LogP contribution in [0.2, 0.25) is 5.02 Å². The summed E-state index contributed by atoms with van der Waals surface area (Å²) in [5.41, 5.74) is -3.07. The molecular formula is C14H15ClF3N3O3S. The number of alkyl halides is 3. The number of nitrogens with zero attached hydrogens (tertiary/aromatic N) is 1. The summed E-state index contributed by atoms with van der Waals surface area (Å²) < 4.78 is 39.6. The van der Waals surface area contributed by atoms with Crippen LogP contribution in [0.25, 0.3) is 10.9 Å². The Morgan fingerprint density at radius 1 is 1.32 bits per heavy atom. The monoisotopic (exact) mass is 397 g/mol. The van der Waals surface area contributed by atoms with Gasteiger partial charge in [0, 0.05) is 12.3 Å². The van der Waals surface area contributed by atoms with Crippen LogP contribution in [-0.4, -0.2) is 52.5 Å². The minimum absolute atomic E-state index is 0.0309. The van der Waals surface area contributed by atoms with Crippen molar-refractivity contribution < 1.29 is 18.3 Å². The molecule has 6 nitrogen and oxygen atoms in total. The predicted molar refractivity (Wildman–Crippen MR) is 90.5 cm³/mol. The highest BCUT2D eigenvalue weighted by Crippen LogP contribution is 2.42. The van der Waals surface area contributed by atoms with E-state index >= 15 is 0 Å². The van der Waals surface area contributed by atoms with E-state index in [-0.39, 0.29) is 21.6 Å². The second kappa shape index (κ2) is 7.40. The van der Waals surface area contributed by atoms with Crippen LogP contribution in [0, 0.1) is 0 Å². The third-order valence-electron chi connectivity index (χ3n) is 3.23. The summed E-state index contributed by atoms with van der Waals surface area (Å²) in [4.78, 5) is 29.2. The zero-order chi connectivity index (χ0) is 18.9. The predicted octanol–water partition coefficient (Wildman–Crippen LogP) is 1.90. The Balaban J connectivity index is 2.61. The van der Waals surface area contributed by atoms with Gasteiger partial charge in [0.05, 0.1) is 32.5 Å². The Bertz CT molecular complexity index is 895. The second-order valence-electron chi connectivity index (χ2n) is 5.62. The first-order chi connectivity index (χ1) is 11.5. The fraction of sp³-hybridized carbons (Fsp3) is 0.429. The van der Waals surface area contributed by atoms with Gasteiger partial charge in [0.15, 0.2) is 0 Å². The number of thioether (sulfide) groups is 1. The van der Waals surface area contributed by atoms with Crippen LogP contribution in [0.1, 0.15) is 5.56 Å². The number of aromatic nitrogens is 2. The third-order valence-corrected chi connectivity index (χ3v) is 4.99. The van der Waals surface area contributed by atoms with Gasteiger partial charge in [0.1, 0.15) is 0 Å². The molecule has 3 N–H and O–H groups in total. The standard InChI is InChI=1S/C14H15ClF3N3O3S/c1-21(2)4-6(22)5-25-11-9(15)8(14(16,17)18)3-7-10(11)19-13(24)20-12(7)23/h3,6,22H,4-5H2,1-2H3,(H2,19,20,23,24)/t6-/m1/s1. The molecule has 11 heteroatoms. The van der Waals surface area contributed by atoms with Crippen molar-refractivity contribution in [2.45, 2.75) is 17.2 Å². The van der Waals surface area contributed by atoms with Gasteiger partial charge < -0.3 is 15.0 Å². The van der Waals surface area contributed by atoms with Gasteiger partial charge in [-0.1, -0.05) is 11.6 Å². The molecule has 2 rings (SSSR count). The van der Waals surface area contributed by atoms with E-state index in [0.717, 1.165) is 11.8 Å². The summed E-state index contributed by atoms with van der Waals surface area (Å²) in [6.45, 7) is 0.290. The van der Waals surface area contributed by atoms with Crippen LogP contribution in [0.5, 0.6) is 0 Å². The van der Waals surface area contributed by atoms with Crippen molar-refractivity contribution >= 4 is 34.3 Å². The average molecular weight is 398 g/mol. The average Bonchev–Trinajstić information content (AvgIpc) is 2.43. The molecule has 0 bridgehead atoms. The van der Waals surface area contributed by atoms with E-state index in [1.807, 2.05) is 4.98 Å². The van der Waals surface area contributed by atoms with Crippen LogP contribution in [-0.2, 0) is 6.18 Å². The summed E-state index contributed by atoms with van der Waals surface area (Å²) in [6, 6.07) is 0.604. The lowest BCUT2D eigenvalue weighted by molar-refractivity contribution is -0.137. The van der Waals surface area contributed by atoms with Crippen molar-refractivity contribution in [3.05, 3.63) is 37.5 Å². The van der Waals surface area contributed by atoms with Crippen LogP contribution in [0.15, 0.2) is 20.6 Å². The molecule has 0 aliphatic carbocycles. The number of nitrogens with one attached hydrogen (secondary N) is 2. The number of aliphatic hydroxyl groups excluding tert-OH is 1. The fourth-order valence-corrected chi connectivity index (χ4v) is 3.67. The smallest absolute Gasteiger partial charge is 0.391 e. The molecule has 0 saturated carbocycles. The van der Waals surface area contributed by atoms with Crippen LogP contribution in [0.3, 0.4) is 0 Å². The number of hydrogen-bond acceptors (Lipinski definition) is 5. The summed E-state index contributed by atoms with van der Waals surface area (Å²) in [6.07, 6.45) is -5.61. The first-order valence-corrected chi connectivity index (χ1v) is 8.38. The number of hydrogen-bond donors (Lipinski definition) is 3. The Morgan fingerprint density at radius 3 is 2.52 bits per heavy atom. The highest BCUT2D eigenvalue weighted by molar-refractivity contribution is 7.99. The molecule has 0 saturated heterocycles. The van der Waals surface area contributed by atoms with E-state index < -0.39 is 34.1 Å². The third kappa shape index (κ3) is 4.57. The molecule has 0 spiro atoms. The van der Waals surface area contributed by atoms with E-state index in [1.54, 1.807) is 19.0 Å². The molecular weight excluding hydrogens is 383 g/mol. The quantitative estimate of drug-likeness (QED) is 0.671. The number of aromatic amines is 2. The Labute approximate surface area is 149 Å². The minimum Gasteiger partial charge on any atom is -0.391 e. The van der Waals surface area contributed by atoms with E-state index in [4.69, 9.17) is 11.6 Å². The topological polar surface area (TPSA) is 89.2 Å². The molecule has 0 aliphatic rings. The van der Waals surface area contributed by atoms with Crippen molar-refractivity contribution in [3.63, 3.8) is 0 Å². The largest absolute Gasteiger partial charge is 0.417 e. The molecule has 1 heterocycles. The van der Waals surface area contributed by atoms with Crippen molar-refractivity contribution in [3.8, 4) is 0 Å². The lowest BCUT2D eigenvalue weighted by Crippen LogP contribution is -2.27. The number of benzene rings is 1. The number of H-pyrrole nitrogens is 2. The summed E-state index contributed by atoms with van der Waals surface area (Å²) in [7, 11) is 3.47. The molecule has 0 radical (unpaired) electrons. The van der Waals surface area contributed by atoms with Crippen molar-refractivity contribution in [1.82, 2.24) is 14.9 Å². The first kappa shape index (κ1) is 19.8. The van der Waals surface area contributed by atoms with Gasteiger partial charge >= 0.3 is 11.9 Å². The number of fused-ring (bicyclic) bond motifs is 1. The lowest BCUT2D eigenvalue weighted by Gasteiger charge is -2.18. The normalized spacial score (nSPS) is 13.6. The van der Waals surface area contributed by atoms with Gasteiger partial charge in [-0.15, -0.1) is 11.8 Å². The summed E-state index contributed by atoms with van der Waals surface area (Å²) >= 11 is 6.74. The van der Waals surface area contributed by atoms with Gasteiger partial charge in [-0.05, 0) is 20.2 Å². The molecule has 0 unspecified atom stereocenters. The molecule has 138 valence electrons. The number of likely N-dealkylation sites (N-methyl/N-ethyl adjacent to an activating group) is 1. The number of rotatable bonds is 5. The van der Waals surface area contributed by atoms with E-state index in [2.05, 4.69) is 4.98 Å². The summed E-state index contributed by atoms with van der Waals surface area (Å²) in [5.74, 6) is 0.0309. The molecule has 1 aromatic heterocycles. The Kier molecular flexibility index (Phi) is 5.87. The van der Waals surface area contributed by atoms with Crippen molar-refractivity contribution in [2.24, 2.45) is 0 Å². The van der Waals surface area contributed by atoms with E-state index in [0.29, 0.717) is 12.6 Å². The maximum absolute atomic E-state index is 13.2. The second-order valence-corrected chi connectivity index (χ2v) is 7.03. The van der Waals surface area contributed by atoms with Crippen molar-refractivity contribution in [2.75, 3.05) is 26.4 Å². The molecule has 0 fully saturated rings. The molecule has 25 heavy (non-hydrogen) atoms. The molecule has 0 aliphatic heterocycles. The highest BCUT2D eigenvalue weighted by Gasteiger charge is 2.35. The van der Waals surface area contributed by atoms with Crippen molar-refractivity contribution in [1.29, 1.82) is 0 Å². The van der Waals surface area contributed by atoms with Crippen LogP contribution >= 0.6 is 23.4 Å². The Morgan fingerprint density at radius 2 is 1.96 bits per heavy atom. The molecule has 1 aromatic carbocycles. The lowest BCUT2D eigenvalue weighted by atomic mass is 10.1. The van der Waals surface area contributed by atoms with Crippen LogP contribution < -0.4 is 11.2 Å². The van der Waals surface area contributed by atoms with Gasteiger partial charge in [-0.3, -0.25) is 9.78 Å². The SMILES string of the molecule is CN(C)C[C@@H](O)CSc1c(Cl)c(C(F)(F)F)cc2c(=O)[nH]c(=O)[nH]c12. The zero-order valence-corrected chi connectivity index (χ0v) is 14.8. The van der Waals surface area contributed by atoms with Gasteiger partial charge in [-0.25, -0.2) is 4.79 Å². The van der Waals surface area contributed by atoms with Gasteiger partial charge in [-0.2, -0.15) is 13.2 Å². The van der Waals surface area contributed by atoms with E-state index in [9.17, 15) is 27.9 Å². The fourth-order valence-electron chi connectivity index (χ4n) is 2.25. The maximum atomic E-state index is 13.2. The molecule has 1 atom stereocenters. The van der Waals surface area contributed by atoms with Gasteiger partial charge in [0.2, 0.25) is 0 Å². The first-order valence-electron chi connectivity index (χ1n) is 7.02. The molecule has 0 amide bonds. The maximum Gasteiger partial charge on any atom is 0.417 e. The Hall–Kier alpha value is -1.49. The number of halogens is 4. The zero-order valence-electron chi connectivity index (χ0n) is 13.2.